The summed E-state index contributed by atoms with van der Waals surface area (Å²) in [5, 5.41) is 0. The summed E-state index contributed by atoms with van der Waals surface area (Å²) in [5.74, 6) is -1.18. The van der Waals surface area contributed by atoms with Crippen LogP contribution in [0.25, 0.3) is 0 Å². The van der Waals surface area contributed by atoms with E-state index < -0.39 is 11.6 Å². The maximum atomic E-state index is 14.2. The standard InChI is InChI=1S/C17H18F2N2/c18-14-10-13(20)11-15(19)17(14)21-9-5-4-8-16(21)12-6-2-1-3-7-12/h1-3,6-7,10-11,16H,4-5,8-9,20H2/t16-/m0/s1. The molecule has 1 aliphatic heterocycles. The van der Waals surface area contributed by atoms with Crippen molar-refractivity contribution >= 4 is 11.4 Å². The van der Waals surface area contributed by atoms with Crippen LogP contribution in [0.15, 0.2) is 42.5 Å². The van der Waals surface area contributed by atoms with Crippen LogP contribution in [0, 0.1) is 11.6 Å². The molecule has 1 saturated heterocycles. The van der Waals surface area contributed by atoms with Gasteiger partial charge in [-0.2, -0.15) is 0 Å². The number of hydrogen-bond acceptors (Lipinski definition) is 2. The molecule has 110 valence electrons. The number of nitrogen functional groups attached to an aromatic ring is 1. The van der Waals surface area contributed by atoms with Crippen molar-refractivity contribution in [3.63, 3.8) is 0 Å². The predicted octanol–water partition coefficient (Wildman–Crippen LogP) is 4.28. The van der Waals surface area contributed by atoms with Crippen molar-refractivity contribution in [3.05, 3.63) is 59.7 Å². The number of anilines is 2. The van der Waals surface area contributed by atoms with Gasteiger partial charge < -0.3 is 10.6 Å². The normalized spacial score (nSPS) is 18.8. The molecule has 1 fully saturated rings. The maximum Gasteiger partial charge on any atom is 0.151 e. The smallest absolute Gasteiger partial charge is 0.151 e. The third-order valence-corrected chi connectivity index (χ3v) is 4.01. The molecule has 0 saturated carbocycles. The summed E-state index contributed by atoms with van der Waals surface area (Å²) in [7, 11) is 0. The summed E-state index contributed by atoms with van der Waals surface area (Å²) in [4.78, 5) is 1.84. The Bertz CT molecular complexity index is 605. The van der Waals surface area contributed by atoms with Gasteiger partial charge in [0, 0.05) is 12.2 Å². The Morgan fingerprint density at radius 1 is 1.00 bits per heavy atom. The Morgan fingerprint density at radius 3 is 2.33 bits per heavy atom. The van der Waals surface area contributed by atoms with E-state index in [1.54, 1.807) is 0 Å². The predicted molar refractivity (Wildman–Crippen MR) is 81.2 cm³/mol. The Labute approximate surface area is 123 Å². The van der Waals surface area contributed by atoms with Crippen LogP contribution in [0.4, 0.5) is 20.2 Å². The SMILES string of the molecule is Nc1cc(F)c(N2CCCC[C@H]2c2ccccc2)c(F)c1. The topological polar surface area (TPSA) is 29.3 Å². The number of nitrogens with zero attached hydrogens (tertiary/aromatic N) is 1. The monoisotopic (exact) mass is 288 g/mol. The van der Waals surface area contributed by atoms with Crippen molar-refractivity contribution in [2.45, 2.75) is 25.3 Å². The van der Waals surface area contributed by atoms with Gasteiger partial charge in [0.2, 0.25) is 0 Å². The molecule has 4 heteroatoms. The Morgan fingerprint density at radius 2 is 1.67 bits per heavy atom. The van der Waals surface area contributed by atoms with Crippen molar-refractivity contribution in [2.75, 3.05) is 17.2 Å². The van der Waals surface area contributed by atoms with Crippen LogP contribution in [-0.4, -0.2) is 6.54 Å². The van der Waals surface area contributed by atoms with E-state index in [1.165, 1.54) is 12.1 Å². The first-order valence-electron chi connectivity index (χ1n) is 7.23. The molecule has 0 aromatic heterocycles. The van der Waals surface area contributed by atoms with Crippen molar-refractivity contribution in [1.29, 1.82) is 0 Å². The number of benzene rings is 2. The van der Waals surface area contributed by atoms with Crippen LogP contribution in [0.2, 0.25) is 0 Å². The van der Waals surface area contributed by atoms with Gasteiger partial charge in [0.25, 0.3) is 0 Å². The van der Waals surface area contributed by atoms with E-state index in [0.29, 0.717) is 6.54 Å². The lowest BCUT2D eigenvalue weighted by molar-refractivity contribution is 0.454. The first-order chi connectivity index (χ1) is 10.2. The summed E-state index contributed by atoms with van der Waals surface area (Å²) in [6.07, 6.45) is 2.90. The molecule has 0 bridgehead atoms. The Kier molecular flexibility index (Phi) is 3.78. The molecule has 21 heavy (non-hydrogen) atoms. The molecule has 0 amide bonds. The highest BCUT2D eigenvalue weighted by atomic mass is 19.1. The molecular weight excluding hydrogens is 270 g/mol. The van der Waals surface area contributed by atoms with Gasteiger partial charge in [-0.3, -0.25) is 0 Å². The molecule has 2 aromatic carbocycles. The van der Waals surface area contributed by atoms with Gasteiger partial charge >= 0.3 is 0 Å². The van der Waals surface area contributed by atoms with Gasteiger partial charge in [-0.25, -0.2) is 8.78 Å². The van der Waals surface area contributed by atoms with E-state index in [-0.39, 0.29) is 17.4 Å². The molecular formula is C17H18F2N2. The molecule has 1 aliphatic rings. The fraction of sp³-hybridized carbons (Fsp3) is 0.294. The van der Waals surface area contributed by atoms with Crippen molar-refractivity contribution in [2.24, 2.45) is 0 Å². The number of hydrogen-bond donors (Lipinski definition) is 1. The van der Waals surface area contributed by atoms with E-state index in [2.05, 4.69) is 0 Å². The Balaban J connectivity index is 2.03. The zero-order chi connectivity index (χ0) is 14.8. The highest BCUT2D eigenvalue weighted by Gasteiger charge is 2.28. The van der Waals surface area contributed by atoms with Crippen LogP contribution in [0.5, 0.6) is 0 Å². The largest absolute Gasteiger partial charge is 0.399 e. The summed E-state index contributed by atoms with van der Waals surface area (Å²) in [6.45, 7) is 0.650. The maximum absolute atomic E-state index is 14.2. The van der Waals surface area contributed by atoms with Crippen molar-refractivity contribution < 1.29 is 8.78 Å². The Hall–Kier alpha value is -2.10. The summed E-state index contributed by atoms with van der Waals surface area (Å²) >= 11 is 0. The van der Waals surface area contributed by atoms with Crippen LogP contribution >= 0.6 is 0 Å². The van der Waals surface area contributed by atoms with Gasteiger partial charge in [0.15, 0.2) is 11.6 Å². The zero-order valence-electron chi connectivity index (χ0n) is 11.7. The van der Waals surface area contributed by atoms with Gasteiger partial charge in [0.05, 0.1) is 6.04 Å². The van der Waals surface area contributed by atoms with E-state index in [1.807, 2.05) is 35.2 Å². The average Bonchev–Trinajstić information content (AvgIpc) is 2.48. The number of rotatable bonds is 2. The highest BCUT2D eigenvalue weighted by molar-refractivity contribution is 5.57. The number of nitrogens with two attached hydrogens (primary N) is 1. The molecule has 0 radical (unpaired) electrons. The molecule has 3 rings (SSSR count). The molecule has 1 atom stereocenters. The summed E-state index contributed by atoms with van der Waals surface area (Å²) < 4.78 is 28.4. The molecule has 0 aliphatic carbocycles. The van der Waals surface area contributed by atoms with Crippen molar-refractivity contribution in [3.8, 4) is 0 Å². The summed E-state index contributed by atoms with van der Waals surface area (Å²) in [6, 6.07) is 12.3. The average molecular weight is 288 g/mol. The third-order valence-electron chi connectivity index (χ3n) is 4.01. The minimum atomic E-state index is -0.588. The van der Waals surface area contributed by atoms with Crippen molar-refractivity contribution in [1.82, 2.24) is 0 Å². The lowest BCUT2D eigenvalue weighted by Crippen LogP contribution is -2.34. The quantitative estimate of drug-likeness (QED) is 0.836. The first-order valence-corrected chi connectivity index (χ1v) is 7.23. The van der Waals surface area contributed by atoms with Gasteiger partial charge in [0.1, 0.15) is 5.69 Å². The highest BCUT2D eigenvalue weighted by Crippen LogP contribution is 2.38. The van der Waals surface area contributed by atoms with Gasteiger partial charge in [-0.05, 0) is 37.0 Å². The van der Waals surface area contributed by atoms with E-state index in [0.717, 1.165) is 24.8 Å². The number of halogens is 2. The molecule has 2 aromatic rings. The first kappa shape index (κ1) is 13.9. The van der Waals surface area contributed by atoms with Crippen LogP contribution < -0.4 is 10.6 Å². The molecule has 0 unspecified atom stereocenters. The second-order valence-electron chi connectivity index (χ2n) is 5.45. The minimum Gasteiger partial charge on any atom is -0.399 e. The summed E-state index contributed by atoms with van der Waals surface area (Å²) in [5.41, 5.74) is 6.75. The minimum absolute atomic E-state index is 0.00701. The molecule has 2 N–H and O–H groups in total. The lowest BCUT2D eigenvalue weighted by atomic mass is 9.94. The molecule has 2 nitrogen and oxygen atoms in total. The van der Waals surface area contributed by atoms with Crippen LogP contribution in [0.1, 0.15) is 30.9 Å². The van der Waals surface area contributed by atoms with Crippen LogP contribution in [-0.2, 0) is 0 Å². The van der Waals surface area contributed by atoms with Crippen LogP contribution in [0.3, 0.4) is 0 Å². The lowest BCUT2D eigenvalue weighted by Gasteiger charge is -2.38. The zero-order valence-corrected chi connectivity index (χ0v) is 11.7. The van der Waals surface area contributed by atoms with E-state index >= 15 is 0 Å². The fourth-order valence-corrected chi connectivity index (χ4v) is 3.08. The van der Waals surface area contributed by atoms with E-state index in [9.17, 15) is 8.78 Å². The second kappa shape index (κ2) is 5.72. The third kappa shape index (κ3) is 2.71. The number of piperidine rings is 1. The molecule has 0 spiro atoms. The van der Waals surface area contributed by atoms with Gasteiger partial charge in [-0.1, -0.05) is 30.3 Å². The second-order valence-corrected chi connectivity index (χ2v) is 5.45. The molecule has 1 heterocycles. The van der Waals surface area contributed by atoms with E-state index in [4.69, 9.17) is 5.73 Å². The fourth-order valence-electron chi connectivity index (χ4n) is 3.08. The van der Waals surface area contributed by atoms with Gasteiger partial charge in [-0.15, -0.1) is 0 Å².